The monoisotopic (exact) mass is 295 g/mol. The van der Waals surface area contributed by atoms with E-state index in [0.29, 0.717) is 18.2 Å². The van der Waals surface area contributed by atoms with E-state index in [9.17, 15) is 9.59 Å². The lowest BCUT2D eigenvalue weighted by Gasteiger charge is -2.34. The van der Waals surface area contributed by atoms with Crippen LogP contribution in [-0.4, -0.2) is 47.0 Å². The zero-order valence-electron chi connectivity index (χ0n) is 11.1. The molecule has 1 saturated heterocycles. The van der Waals surface area contributed by atoms with Crippen molar-refractivity contribution in [1.29, 1.82) is 0 Å². The predicted molar refractivity (Wildman–Crippen MR) is 76.7 cm³/mol. The standard InChI is InChI=1S/C11H21N3O2S.ClH/c1-8(2)11(3,6-12)13-9(15)4-14-7-17-5-10(14)16;/h8H,4-7,12H2,1-3H3,(H,13,15);1H. The molecule has 1 aliphatic heterocycles. The van der Waals surface area contributed by atoms with E-state index in [-0.39, 0.29) is 36.7 Å². The van der Waals surface area contributed by atoms with Gasteiger partial charge in [0.25, 0.3) is 0 Å². The van der Waals surface area contributed by atoms with Crippen molar-refractivity contribution in [1.82, 2.24) is 10.2 Å². The van der Waals surface area contributed by atoms with Crippen molar-refractivity contribution in [3.8, 4) is 0 Å². The van der Waals surface area contributed by atoms with E-state index in [4.69, 9.17) is 5.73 Å². The first kappa shape index (κ1) is 17.5. The van der Waals surface area contributed by atoms with Crippen LogP contribution in [0.2, 0.25) is 0 Å². The van der Waals surface area contributed by atoms with Gasteiger partial charge in [-0.2, -0.15) is 0 Å². The van der Waals surface area contributed by atoms with Gasteiger partial charge in [0, 0.05) is 6.54 Å². The summed E-state index contributed by atoms with van der Waals surface area (Å²) in [7, 11) is 0. The average molecular weight is 296 g/mol. The van der Waals surface area contributed by atoms with E-state index in [0.717, 1.165) is 0 Å². The van der Waals surface area contributed by atoms with Crippen LogP contribution in [0.5, 0.6) is 0 Å². The lowest BCUT2D eigenvalue weighted by Crippen LogP contribution is -2.57. The lowest BCUT2D eigenvalue weighted by atomic mass is 9.88. The van der Waals surface area contributed by atoms with Crippen LogP contribution < -0.4 is 11.1 Å². The molecule has 5 nitrogen and oxygen atoms in total. The van der Waals surface area contributed by atoms with E-state index >= 15 is 0 Å². The summed E-state index contributed by atoms with van der Waals surface area (Å²) >= 11 is 1.53. The molecule has 0 spiro atoms. The normalized spacial score (nSPS) is 18.5. The molecule has 1 unspecified atom stereocenters. The lowest BCUT2D eigenvalue weighted by molar-refractivity contribution is -0.133. The number of halogens is 1. The van der Waals surface area contributed by atoms with Crippen LogP contribution in [0.25, 0.3) is 0 Å². The molecule has 1 fully saturated rings. The average Bonchev–Trinajstić information content (AvgIpc) is 2.63. The highest BCUT2D eigenvalue weighted by molar-refractivity contribution is 8.00. The molecule has 0 aromatic carbocycles. The van der Waals surface area contributed by atoms with Gasteiger partial charge in [-0.1, -0.05) is 13.8 Å². The maximum absolute atomic E-state index is 11.9. The summed E-state index contributed by atoms with van der Waals surface area (Å²) in [4.78, 5) is 24.8. The van der Waals surface area contributed by atoms with E-state index < -0.39 is 5.54 Å². The number of carbonyl (C=O) groups excluding carboxylic acids is 2. The van der Waals surface area contributed by atoms with E-state index in [1.165, 1.54) is 11.8 Å². The first-order valence-electron chi connectivity index (χ1n) is 5.75. The van der Waals surface area contributed by atoms with Crippen molar-refractivity contribution in [3.63, 3.8) is 0 Å². The molecule has 0 radical (unpaired) electrons. The van der Waals surface area contributed by atoms with Gasteiger partial charge >= 0.3 is 0 Å². The minimum atomic E-state index is -0.410. The molecule has 1 rings (SSSR count). The minimum absolute atomic E-state index is 0. The zero-order chi connectivity index (χ0) is 13.1. The number of nitrogens with zero attached hydrogens (tertiary/aromatic N) is 1. The fourth-order valence-corrected chi connectivity index (χ4v) is 2.41. The molecule has 0 aromatic rings. The van der Waals surface area contributed by atoms with Crippen molar-refractivity contribution in [3.05, 3.63) is 0 Å². The number of amides is 2. The third-order valence-electron chi connectivity index (χ3n) is 3.28. The van der Waals surface area contributed by atoms with Crippen molar-refractivity contribution >= 4 is 36.0 Å². The summed E-state index contributed by atoms with van der Waals surface area (Å²) in [5, 5.41) is 2.92. The second-order valence-electron chi connectivity index (χ2n) is 4.89. The molecule has 18 heavy (non-hydrogen) atoms. The Labute approximate surface area is 119 Å². The second-order valence-corrected chi connectivity index (χ2v) is 5.85. The number of hydrogen-bond acceptors (Lipinski definition) is 4. The third kappa shape index (κ3) is 4.33. The Kier molecular flexibility index (Phi) is 7.02. The predicted octanol–water partition coefficient (Wildman–Crippen LogP) is 0.431. The number of hydrogen-bond donors (Lipinski definition) is 2. The molecule has 2 amide bonds. The SMILES string of the molecule is CC(C)C(C)(CN)NC(=O)CN1CSCC1=O.Cl. The molecular weight excluding hydrogens is 274 g/mol. The quantitative estimate of drug-likeness (QED) is 0.771. The van der Waals surface area contributed by atoms with E-state index in [2.05, 4.69) is 5.32 Å². The minimum Gasteiger partial charge on any atom is -0.348 e. The first-order chi connectivity index (χ1) is 7.89. The number of thioether (sulfide) groups is 1. The summed E-state index contributed by atoms with van der Waals surface area (Å²) < 4.78 is 0. The molecule has 3 N–H and O–H groups in total. The van der Waals surface area contributed by atoms with Crippen molar-refractivity contribution in [2.45, 2.75) is 26.3 Å². The van der Waals surface area contributed by atoms with E-state index in [1.54, 1.807) is 4.90 Å². The Bertz CT molecular complexity index is 315. The van der Waals surface area contributed by atoms with Gasteiger partial charge in [0.2, 0.25) is 11.8 Å². The highest BCUT2D eigenvalue weighted by Crippen LogP contribution is 2.16. The molecule has 1 heterocycles. The number of rotatable bonds is 5. The van der Waals surface area contributed by atoms with Crippen molar-refractivity contribution < 1.29 is 9.59 Å². The van der Waals surface area contributed by atoms with E-state index in [1.807, 2.05) is 20.8 Å². The van der Waals surface area contributed by atoms with Crippen LogP contribution in [0.3, 0.4) is 0 Å². The van der Waals surface area contributed by atoms with Gasteiger partial charge < -0.3 is 16.0 Å². The molecule has 0 aliphatic carbocycles. The van der Waals surface area contributed by atoms with Gasteiger partial charge in [0.15, 0.2) is 0 Å². The van der Waals surface area contributed by atoms with Crippen LogP contribution >= 0.6 is 24.2 Å². The Hall–Kier alpha value is -0.460. The molecule has 0 aromatic heterocycles. The highest BCUT2D eigenvalue weighted by atomic mass is 35.5. The topological polar surface area (TPSA) is 75.4 Å². The van der Waals surface area contributed by atoms with Gasteiger partial charge in [0.05, 0.1) is 17.2 Å². The fraction of sp³-hybridized carbons (Fsp3) is 0.818. The van der Waals surface area contributed by atoms with Gasteiger partial charge in [-0.3, -0.25) is 9.59 Å². The Morgan fingerprint density at radius 2 is 2.22 bits per heavy atom. The molecular formula is C11H22ClN3O2S. The number of carbonyl (C=O) groups is 2. The fourth-order valence-electron chi connectivity index (χ4n) is 1.50. The first-order valence-corrected chi connectivity index (χ1v) is 6.91. The summed E-state index contributed by atoms with van der Waals surface area (Å²) in [6.07, 6.45) is 0. The Morgan fingerprint density at radius 1 is 1.61 bits per heavy atom. The number of nitrogens with one attached hydrogen (secondary N) is 1. The summed E-state index contributed by atoms with van der Waals surface area (Å²) in [5.41, 5.74) is 5.28. The summed E-state index contributed by atoms with van der Waals surface area (Å²) in [5.74, 6) is 1.23. The van der Waals surface area contributed by atoms with Crippen LogP contribution in [0, 0.1) is 5.92 Å². The van der Waals surface area contributed by atoms with Crippen molar-refractivity contribution in [2.24, 2.45) is 11.7 Å². The van der Waals surface area contributed by atoms with Crippen LogP contribution in [-0.2, 0) is 9.59 Å². The molecule has 0 saturated carbocycles. The van der Waals surface area contributed by atoms with Crippen LogP contribution in [0.15, 0.2) is 0 Å². The summed E-state index contributed by atoms with van der Waals surface area (Å²) in [6, 6.07) is 0. The van der Waals surface area contributed by atoms with Gasteiger partial charge in [-0.25, -0.2) is 0 Å². The maximum atomic E-state index is 11.9. The third-order valence-corrected chi connectivity index (χ3v) is 4.23. The van der Waals surface area contributed by atoms with Crippen LogP contribution in [0.4, 0.5) is 0 Å². The largest absolute Gasteiger partial charge is 0.348 e. The van der Waals surface area contributed by atoms with Gasteiger partial charge in [0.1, 0.15) is 6.54 Å². The maximum Gasteiger partial charge on any atom is 0.240 e. The highest BCUT2D eigenvalue weighted by Gasteiger charge is 2.30. The van der Waals surface area contributed by atoms with Gasteiger partial charge in [-0.15, -0.1) is 24.2 Å². The van der Waals surface area contributed by atoms with Crippen molar-refractivity contribution in [2.75, 3.05) is 24.7 Å². The second kappa shape index (κ2) is 7.21. The zero-order valence-corrected chi connectivity index (χ0v) is 12.7. The molecule has 1 aliphatic rings. The molecule has 7 heteroatoms. The molecule has 0 bridgehead atoms. The van der Waals surface area contributed by atoms with Crippen LogP contribution in [0.1, 0.15) is 20.8 Å². The molecule has 106 valence electrons. The number of nitrogens with two attached hydrogens (primary N) is 1. The Morgan fingerprint density at radius 3 is 2.61 bits per heavy atom. The van der Waals surface area contributed by atoms with Gasteiger partial charge in [-0.05, 0) is 12.8 Å². The molecule has 1 atom stereocenters. The smallest absolute Gasteiger partial charge is 0.240 e. The summed E-state index contributed by atoms with van der Waals surface area (Å²) in [6.45, 7) is 6.48. The Balaban J connectivity index is 0.00000289.